The maximum Gasteiger partial charge on any atom is 0.276 e. The third-order valence-corrected chi connectivity index (χ3v) is 3.26. The summed E-state index contributed by atoms with van der Waals surface area (Å²) in [7, 11) is 1.83. The first-order valence-corrected chi connectivity index (χ1v) is 5.73. The number of carbonyl (C=O) groups is 1. The lowest BCUT2D eigenvalue weighted by Gasteiger charge is -2.34. The predicted molar refractivity (Wildman–Crippen MR) is 62.0 cm³/mol. The second-order valence-corrected chi connectivity index (χ2v) is 4.29. The van der Waals surface area contributed by atoms with E-state index in [1.54, 1.807) is 15.8 Å². The monoisotopic (exact) mass is 222 g/mol. The van der Waals surface area contributed by atoms with Crippen LogP contribution in [0.2, 0.25) is 0 Å². The zero-order valence-electron chi connectivity index (χ0n) is 9.81. The summed E-state index contributed by atoms with van der Waals surface area (Å²) in [6.45, 7) is 2.70. The Hall–Kier alpha value is -1.52. The van der Waals surface area contributed by atoms with Crippen LogP contribution in [0.5, 0.6) is 0 Å². The first kappa shape index (κ1) is 11.0. The molecule has 0 radical (unpaired) electrons. The Balaban J connectivity index is 2.15. The summed E-state index contributed by atoms with van der Waals surface area (Å²) in [5.41, 5.74) is 6.64. The van der Waals surface area contributed by atoms with Gasteiger partial charge >= 0.3 is 0 Å². The van der Waals surface area contributed by atoms with Gasteiger partial charge < -0.3 is 10.6 Å². The zero-order chi connectivity index (χ0) is 11.7. The normalized spacial score (nSPS) is 15.9. The highest BCUT2D eigenvalue weighted by molar-refractivity contribution is 5.97. The van der Waals surface area contributed by atoms with Gasteiger partial charge in [0, 0.05) is 25.8 Å². The standard InChI is InChI=1S/C11H18N4O/c1-3-15-7-9(12)10(13-15)11(16)14(2)8-5-4-6-8/h7-8H,3-6,12H2,1-2H3. The molecule has 2 N–H and O–H groups in total. The molecule has 16 heavy (non-hydrogen) atoms. The third-order valence-electron chi connectivity index (χ3n) is 3.26. The van der Waals surface area contributed by atoms with E-state index in [-0.39, 0.29) is 5.91 Å². The lowest BCUT2D eigenvalue weighted by molar-refractivity contribution is 0.0646. The van der Waals surface area contributed by atoms with Gasteiger partial charge in [0.15, 0.2) is 5.69 Å². The van der Waals surface area contributed by atoms with Gasteiger partial charge in [-0.15, -0.1) is 0 Å². The van der Waals surface area contributed by atoms with Crippen LogP contribution >= 0.6 is 0 Å². The average molecular weight is 222 g/mol. The quantitative estimate of drug-likeness (QED) is 0.833. The molecule has 0 aromatic carbocycles. The summed E-state index contributed by atoms with van der Waals surface area (Å²) in [6.07, 6.45) is 5.11. The summed E-state index contributed by atoms with van der Waals surface area (Å²) >= 11 is 0. The largest absolute Gasteiger partial charge is 0.396 e. The Labute approximate surface area is 95.2 Å². The molecule has 1 aliphatic rings. The smallest absolute Gasteiger partial charge is 0.276 e. The molecule has 0 saturated heterocycles. The van der Waals surface area contributed by atoms with E-state index in [0.717, 1.165) is 19.4 Å². The highest BCUT2D eigenvalue weighted by atomic mass is 16.2. The summed E-state index contributed by atoms with van der Waals surface area (Å²) in [5, 5.41) is 4.19. The van der Waals surface area contributed by atoms with Crippen molar-refractivity contribution >= 4 is 11.6 Å². The van der Waals surface area contributed by atoms with E-state index < -0.39 is 0 Å². The fraction of sp³-hybridized carbons (Fsp3) is 0.636. The molecule has 5 nitrogen and oxygen atoms in total. The molecule has 0 unspecified atom stereocenters. The van der Waals surface area contributed by atoms with Crippen molar-refractivity contribution in [3.63, 3.8) is 0 Å². The summed E-state index contributed by atoms with van der Waals surface area (Å²) < 4.78 is 1.69. The fourth-order valence-electron chi connectivity index (χ4n) is 1.87. The minimum atomic E-state index is -0.0607. The van der Waals surface area contributed by atoms with Crippen LogP contribution in [-0.4, -0.2) is 33.7 Å². The van der Waals surface area contributed by atoms with Gasteiger partial charge in [-0.25, -0.2) is 0 Å². The fourth-order valence-corrected chi connectivity index (χ4v) is 1.87. The zero-order valence-corrected chi connectivity index (χ0v) is 9.81. The number of nitrogens with zero attached hydrogens (tertiary/aromatic N) is 3. The molecule has 1 aromatic rings. The van der Waals surface area contributed by atoms with Gasteiger partial charge in [-0.1, -0.05) is 0 Å². The van der Waals surface area contributed by atoms with Gasteiger partial charge in [0.1, 0.15) is 0 Å². The molecule has 0 atom stereocenters. The number of hydrogen-bond donors (Lipinski definition) is 1. The van der Waals surface area contributed by atoms with Gasteiger partial charge in [-0.05, 0) is 26.2 Å². The molecule has 0 bridgehead atoms. The lowest BCUT2D eigenvalue weighted by Crippen LogP contribution is -2.41. The molecule has 2 rings (SSSR count). The van der Waals surface area contributed by atoms with Crippen LogP contribution in [0.15, 0.2) is 6.20 Å². The lowest BCUT2D eigenvalue weighted by atomic mass is 9.92. The maximum atomic E-state index is 12.1. The van der Waals surface area contributed by atoms with Crippen LogP contribution in [0.1, 0.15) is 36.7 Å². The van der Waals surface area contributed by atoms with Gasteiger partial charge in [0.25, 0.3) is 5.91 Å². The average Bonchev–Trinajstić information content (AvgIpc) is 2.56. The molecule has 88 valence electrons. The Kier molecular flexibility index (Phi) is 2.85. The number of rotatable bonds is 3. The van der Waals surface area contributed by atoms with E-state index in [4.69, 9.17) is 5.73 Å². The molecule has 1 aliphatic carbocycles. The topological polar surface area (TPSA) is 64.2 Å². The van der Waals surface area contributed by atoms with Crippen molar-refractivity contribution in [2.75, 3.05) is 12.8 Å². The highest BCUT2D eigenvalue weighted by Crippen LogP contribution is 2.25. The molecular weight excluding hydrogens is 204 g/mol. The second kappa shape index (κ2) is 4.15. The highest BCUT2D eigenvalue weighted by Gasteiger charge is 2.28. The van der Waals surface area contributed by atoms with Crippen molar-refractivity contribution in [2.45, 2.75) is 38.8 Å². The Morgan fingerprint density at radius 3 is 2.81 bits per heavy atom. The van der Waals surface area contributed by atoms with Crippen LogP contribution < -0.4 is 5.73 Å². The van der Waals surface area contributed by atoms with E-state index in [1.165, 1.54) is 6.42 Å². The van der Waals surface area contributed by atoms with Gasteiger partial charge in [0.2, 0.25) is 0 Å². The number of carbonyl (C=O) groups excluding carboxylic acids is 1. The van der Waals surface area contributed by atoms with Crippen LogP contribution in [0.3, 0.4) is 0 Å². The maximum absolute atomic E-state index is 12.1. The second-order valence-electron chi connectivity index (χ2n) is 4.29. The number of anilines is 1. The molecule has 0 aliphatic heterocycles. The number of hydrogen-bond acceptors (Lipinski definition) is 3. The van der Waals surface area contributed by atoms with Gasteiger partial charge in [-0.3, -0.25) is 9.48 Å². The molecule has 1 aromatic heterocycles. The third kappa shape index (κ3) is 1.77. The van der Waals surface area contributed by atoms with Crippen LogP contribution in [0, 0.1) is 0 Å². The SMILES string of the molecule is CCn1cc(N)c(C(=O)N(C)C2CCC2)n1. The van der Waals surface area contributed by atoms with E-state index in [1.807, 2.05) is 14.0 Å². The summed E-state index contributed by atoms with van der Waals surface area (Å²) in [6, 6.07) is 0.374. The molecule has 1 amide bonds. The van der Waals surface area contributed by atoms with E-state index >= 15 is 0 Å². The molecule has 1 saturated carbocycles. The van der Waals surface area contributed by atoms with Crippen molar-refractivity contribution in [3.8, 4) is 0 Å². The molecule has 1 heterocycles. The van der Waals surface area contributed by atoms with Crippen molar-refractivity contribution in [2.24, 2.45) is 0 Å². The summed E-state index contributed by atoms with van der Waals surface area (Å²) in [5.74, 6) is -0.0607. The number of aromatic nitrogens is 2. The van der Waals surface area contributed by atoms with Gasteiger partial charge in [-0.2, -0.15) is 5.10 Å². The minimum Gasteiger partial charge on any atom is -0.396 e. The Morgan fingerprint density at radius 2 is 2.38 bits per heavy atom. The first-order valence-electron chi connectivity index (χ1n) is 5.73. The van der Waals surface area contributed by atoms with E-state index in [0.29, 0.717) is 17.4 Å². The van der Waals surface area contributed by atoms with Crippen LogP contribution in [0.4, 0.5) is 5.69 Å². The summed E-state index contributed by atoms with van der Waals surface area (Å²) in [4.78, 5) is 13.9. The molecule has 0 spiro atoms. The molecule has 5 heteroatoms. The van der Waals surface area contributed by atoms with Crippen molar-refractivity contribution in [1.82, 2.24) is 14.7 Å². The molecular formula is C11H18N4O. The number of amides is 1. The number of nitrogen functional groups attached to an aromatic ring is 1. The number of aryl methyl sites for hydroxylation is 1. The first-order chi connectivity index (χ1) is 7.63. The van der Waals surface area contributed by atoms with Crippen LogP contribution in [-0.2, 0) is 6.54 Å². The van der Waals surface area contributed by atoms with Crippen molar-refractivity contribution in [3.05, 3.63) is 11.9 Å². The molecule has 1 fully saturated rings. The Morgan fingerprint density at radius 1 is 1.69 bits per heavy atom. The minimum absolute atomic E-state index is 0.0607. The van der Waals surface area contributed by atoms with Gasteiger partial charge in [0.05, 0.1) is 5.69 Å². The number of nitrogens with two attached hydrogens (primary N) is 1. The Bertz CT molecular complexity index is 395. The predicted octanol–water partition coefficient (Wildman–Crippen LogP) is 1.11. The van der Waals surface area contributed by atoms with Crippen molar-refractivity contribution in [1.29, 1.82) is 0 Å². The van der Waals surface area contributed by atoms with Crippen molar-refractivity contribution < 1.29 is 4.79 Å². The van der Waals surface area contributed by atoms with E-state index in [9.17, 15) is 4.79 Å². The van der Waals surface area contributed by atoms with Crippen LogP contribution in [0.25, 0.3) is 0 Å². The van der Waals surface area contributed by atoms with E-state index in [2.05, 4.69) is 5.10 Å².